The zero-order valence-corrected chi connectivity index (χ0v) is 29.6. The van der Waals surface area contributed by atoms with Gasteiger partial charge in [-0.3, -0.25) is 0 Å². The molecule has 0 spiro atoms. The first kappa shape index (κ1) is 36.4. The summed E-state index contributed by atoms with van der Waals surface area (Å²) in [6.45, 7) is 0. The first-order chi connectivity index (χ1) is 26.9. The number of rotatable bonds is 4. The van der Waals surface area contributed by atoms with E-state index in [0.29, 0.717) is 64.1 Å². The zero-order chi connectivity index (χ0) is 39.7. The molecule has 3 heterocycles. The monoisotopic (exact) mass is 777 g/mol. The van der Waals surface area contributed by atoms with Crippen LogP contribution in [-0.2, 0) is 0 Å². The highest BCUT2D eigenvalue weighted by Crippen LogP contribution is 2.28. The highest BCUT2D eigenvalue weighted by atomic mass is 35.5. The van der Waals surface area contributed by atoms with E-state index in [-0.39, 0.29) is 40.1 Å². The molecule has 6 aromatic carbocycles. The van der Waals surface area contributed by atoms with E-state index in [1.807, 2.05) is 0 Å². The molecule has 9 aromatic rings. The fourth-order valence-corrected chi connectivity index (χ4v) is 5.68. The van der Waals surface area contributed by atoms with E-state index in [1.54, 1.807) is 78.9 Å². The number of aromatic nitrogens is 9. The minimum absolute atomic E-state index is 0.0724. The van der Waals surface area contributed by atoms with Gasteiger partial charge in [-0.05, 0) is 87.2 Å². The molecule has 0 saturated carbocycles. The van der Waals surface area contributed by atoms with Gasteiger partial charge < -0.3 is 45.9 Å². The summed E-state index contributed by atoms with van der Waals surface area (Å²) in [5, 5.41) is 96.9. The van der Waals surface area contributed by atoms with Crippen LogP contribution in [0.2, 0.25) is 5.02 Å². The number of benzene rings is 6. The molecule has 18 nitrogen and oxygen atoms in total. The average molecular weight is 778 g/mol. The Labute approximate surface area is 319 Å². The number of methoxy groups -OCH3 is 1. The summed E-state index contributed by atoms with van der Waals surface area (Å²) in [5.41, 5.74) is 3.35. The first-order valence-corrected chi connectivity index (χ1v) is 16.7. The summed E-state index contributed by atoms with van der Waals surface area (Å²) in [4.78, 5) is 4.91. The maximum Gasteiger partial charge on any atom is 0.251 e. The van der Waals surface area contributed by atoms with Crippen LogP contribution in [0.1, 0.15) is 0 Å². The first-order valence-electron chi connectivity index (χ1n) is 16.3. The Morgan fingerprint density at radius 2 is 0.911 bits per heavy atom. The van der Waals surface area contributed by atoms with Crippen molar-refractivity contribution in [3.05, 3.63) is 142 Å². The SMILES string of the molecule is COc1ccc(-n2nc3ccccc3[n+]2[O-])c(O)c1.[O-][n+]1c2ccc(Cl)cc2nn1-c1ccc(O)cc1O.[O-][n+]1c2ccccc2nn1-c1ccc(O)cc1O. The number of hydrogen-bond acceptors (Lipinski definition) is 12. The van der Waals surface area contributed by atoms with Gasteiger partial charge in [0, 0.05) is 29.3 Å². The lowest BCUT2D eigenvalue weighted by molar-refractivity contribution is -0.664. The van der Waals surface area contributed by atoms with Gasteiger partial charge in [0.1, 0.15) is 17.2 Å². The summed E-state index contributed by atoms with van der Waals surface area (Å²) >= 11 is 5.84. The lowest BCUT2D eigenvalue weighted by Crippen LogP contribution is -2.37. The number of phenols is 5. The average Bonchev–Trinajstić information content (AvgIpc) is 3.81. The Kier molecular flexibility index (Phi) is 9.61. The fourth-order valence-electron chi connectivity index (χ4n) is 5.51. The molecule has 0 unspecified atom stereocenters. The van der Waals surface area contributed by atoms with Gasteiger partial charge in [-0.2, -0.15) is 0 Å². The number of fused-ring (bicyclic) bond motifs is 3. The fraction of sp³-hybridized carbons (Fsp3) is 0.0270. The van der Waals surface area contributed by atoms with Crippen LogP contribution in [0.25, 0.3) is 50.2 Å². The molecule has 0 amide bonds. The van der Waals surface area contributed by atoms with Crippen molar-refractivity contribution in [2.75, 3.05) is 7.11 Å². The summed E-state index contributed by atoms with van der Waals surface area (Å²) in [5.74, 6) is -0.202. The molecule has 0 saturated heterocycles. The number of aromatic hydroxyl groups is 5. The van der Waals surface area contributed by atoms with Crippen molar-refractivity contribution >= 4 is 44.7 Å². The molecule has 5 N–H and O–H groups in total. The van der Waals surface area contributed by atoms with E-state index in [1.165, 1.54) is 37.4 Å². The van der Waals surface area contributed by atoms with E-state index in [4.69, 9.17) is 16.3 Å². The molecule has 56 heavy (non-hydrogen) atoms. The number of ether oxygens (including phenoxy) is 1. The third kappa shape index (κ3) is 6.93. The van der Waals surface area contributed by atoms with Gasteiger partial charge in [-0.25, -0.2) is 0 Å². The zero-order valence-electron chi connectivity index (χ0n) is 28.8. The van der Waals surface area contributed by atoms with Crippen LogP contribution in [0.5, 0.6) is 34.5 Å². The van der Waals surface area contributed by atoms with E-state index in [9.17, 15) is 41.2 Å². The van der Waals surface area contributed by atoms with E-state index >= 15 is 0 Å². The van der Waals surface area contributed by atoms with Crippen LogP contribution < -0.4 is 19.3 Å². The van der Waals surface area contributed by atoms with Crippen molar-refractivity contribution in [3.8, 4) is 51.6 Å². The second-order valence-corrected chi connectivity index (χ2v) is 12.2. The molecule has 282 valence electrons. The highest BCUT2D eigenvalue weighted by Gasteiger charge is 2.21. The molecule has 0 fully saturated rings. The van der Waals surface area contributed by atoms with Crippen molar-refractivity contribution in [1.82, 2.24) is 29.7 Å². The van der Waals surface area contributed by atoms with Gasteiger partial charge in [0.2, 0.25) is 27.6 Å². The number of para-hydroxylation sites is 2. The van der Waals surface area contributed by atoms with Crippen molar-refractivity contribution < 1.29 is 44.8 Å². The molecular weight excluding hydrogens is 750 g/mol. The molecule has 0 bridgehead atoms. The molecule has 0 radical (unpaired) electrons. The minimum Gasteiger partial charge on any atom is -0.692 e. The van der Waals surface area contributed by atoms with Crippen LogP contribution in [0.3, 0.4) is 0 Å². The van der Waals surface area contributed by atoms with Crippen molar-refractivity contribution in [1.29, 1.82) is 0 Å². The molecule has 19 heteroatoms. The maximum absolute atomic E-state index is 12.1. The Bertz CT molecular complexity index is 2890. The Hall–Kier alpha value is -7.99. The molecular formula is C37H28ClN9O9. The van der Waals surface area contributed by atoms with Crippen LogP contribution in [0.15, 0.2) is 121 Å². The summed E-state index contributed by atoms with van der Waals surface area (Å²) < 4.78 is 5.00. The quantitative estimate of drug-likeness (QED) is 0.125. The van der Waals surface area contributed by atoms with Gasteiger partial charge in [-0.1, -0.05) is 35.9 Å². The molecule has 0 aliphatic carbocycles. The van der Waals surface area contributed by atoms with Crippen LogP contribution in [-0.4, -0.2) is 62.3 Å². The van der Waals surface area contributed by atoms with Crippen LogP contribution >= 0.6 is 11.6 Å². The summed E-state index contributed by atoms with van der Waals surface area (Å²) in [6.07, 6.45) is 0. The second-order valence-electron chi connectivity index (χ2n) is 11.8. The molecule has 9 rings (SSSR count). The highest BCUT2D eigenvalue weighted by molar-refractivity contribution is 6.31. The van der Waals surface area contributed by atoms with Crippen molar-refractivity contribution in [3.63, 3.8) is 0 Å². The Morgan fingerprint density at radius 3 is 1.34 bits per heavy atom. The van der Waals surface area contributed by atoms with Gasteiger partial charge in [0.05, 0.1) is 22.4 Å². The summed E-state index contributed by atoms with van der Waals surface area (Å²) in [7, 11) is 1.50. The molecule has 0 atom stereocenters. The smallest absolute Gasteiger partial charge is 0.251 e. The predicted octanol–water partition coefficient (Wildman–Crippen LogP) is 4.17. The van der Waals surface area contributed by atoms with Gasteiger partial charge in [0.25, 0.3) is 5.52 Å². The van der Waals surface area contributed by atoms with Gasteiger partial charge in [0.15, 0.2) is 34.3 Å². The van der Waals surface area contributed by atoms with E-state index < -0.39 is 0 Å². The normalized spacial score (nSPS) is 10.9. The molecule has 0 aliphatic rings. The third-order valence-corrected chi connectivity index (χ3v) is 8.42. The van der Waals surface area contributed by atoms with Gasteiger partial charge >= 0.3 is 0 Å². The van der Waals surface area contributed by atoms with E-state index in [2.05, 4.69) is 15.3 Å². The Morgan fingerprint density at radius 1 is 0.500 bits per heavy atom. The lowest BCUT2D eigenvalue weighted by atomic mass is 10.3. The van der Waals surface area contributed by atoms with E-state index in [0.717, 1.165) is 26.5 Å². The second kappa shape index (κ2) is 14.8. The maximum atomic E-state index is 12.1. The minimum atomic E-state index is -0.247. The number of nitrogens with zero attached hydrogens (tertiary/aromatic N) is 9. The molecule has 0 aliphatic heterocycles. The standard InChI is InChI=1S/C13H11N3O3.C12H8ClN3O3.C12H9N3O3/c1-19-9-6-7-12(13(17)8-9)15-14-10-4-2-3-5-11(10)16(15)18;13-7-1-3-10-9(5-7)14-15(16(10)19)11-4-2-8(17)6-12(11)18;16-8-5-6-11(12(17)7-8)14-13-9-3-1-2-4-10(9)15(14)18/h2-8,17H,1H3;1-6,17-18H;1-7,16-17H. The largest absolute Gasteiger partial charge is 0.692 e. The summed E-state index contributed by atoms with van der Waals surface area (Å²) in [6, 6.07) is 31.0. The number of halogens is 1. The topological polar surface area (TPSA) is 245 Å². The van der Waals surface area contributed by atoms with Crippen LogP contribution in [0.4, 0.5) is 0 Å². The van der Waals surface area contributed by atoms with Crippen LogP contribution in [0, 0.1) is 15.6 Å². The third-order valence-electron chi connectivity index (χ3n) is 8.19. The predicted molar refractivity (Wildman–Crippen MR) is 200 cm³/mol. The Balaban J connectivity index is 0.000000129. The van der Waals surface area contributed by atoms with Crippen molar-refractivity contribution in [2.24, 2.45) is 0 Å². The van der Waals surface area contributed by atoms with Crippen molar-refractivity contribution in [2.45, 2.75) is 0 Å². The molecule has 3 aromatic heterocycles. The van der Waals surface area contributed by atoms with Gasteiger partial charge in [-0.15, -0.1) is 14.5 Å². The lowest BCUT2D eigenvalue weighted by Gasteiger charge is -2.06. The number of hydrogen-bond donors (Lipinski definition) is 5. The number of phenolic OH excluding ortho intramolecular Hbond substituents is 5.